The number of hydrogen-bond donors (Lipinski definition) is 1. The van der Waals surface area contributed by atoms with Crippen molar-refractivity contribution in [2.45, 2.75) is 38.3 Å². The summed E-state index contributed by atoms with van der Waals surface area (Å²) in [7, 11) is 0. The van der Waals surface area contributed by atoms with Crippen LogP contribution in [0.5, 0.6) is 5.75 Å². The first-order valence-electron chi connectivity index (χ1n) is 10.9. The number of rotatable bonds is 8. The number of amides is 1. The van der Waals surface area contributed by atoms with Gasteiger partial charge in [-0.05, 0) is 56.0 Å². The Kier molecular flexibility index (Phi) is 7.33. The molecule has 1 aromatic heterocycles. The van der Waals surface area contributed by atoms with Crippen LogP contribution in [0.1, 0.15) is 46.7 Å². The monoisotopic (exact) mass is 435 g/mol. The lowest BCUT2D eigenvalue weighted by atomic mass is 10.1. The number of benzene rings is 2. The number of nitrogens with one attached hydrogen (secondary N) is 1. The van der Waals surface area contributed by atoms with Crippen LogP contribution in [-0.4, -0.2) is 41.5 Å². The Balaban J connectivity index is 1.21. The van der Waals surface area contributed by atoms with Gasteiger partial charge in [-0.2, -0.15) is 0 Å². The van der Waals surface area contributed by atoms with E-state index in [2.05, 4.69) is 45.5 Å². The van der Waals surface area contributed by atoms with E-state index >= 15 is 0 Å². The number of hydrogen-bond acceptors (Lipinski definition) is 5. The first-order valence-corrected chi connectivity index (χ1v) is 11.8. The molecule has 0 radical (unpaired) electrons. The molecular weight excluding hydrogens is 406 g/mol. The number of ether oxygens (including phenoxy) is 1. The van der Waals surface area contributed by atoms with Crippen LogP contribution in [0.25, 0.3) is 0 Å². The van der Waals surface area contributed by atoms with Gasteiger partial charge >= 0.3 is 0 Å². The van der Waals surface area contributed by atoms with Gasteiger partial charge in [0.15, 0.2) is 0 Å². The molecule has 5 nitrogen and oxygen atoms in total. The van der Waals surface area contributed by atoms with Gasteiger partial charge in [0.1, 0.15) is 16.9 Å². The highest BCUT2D eigenvalue weighted by Gasteiger charge is 2.20. The number of thiazole rings is 1. The highest BCUT2D eigenvalue weighted by molar-refractivity contribution is 7.09. The van der Waals surface area contributed by atoms with Gasteiger partial charge in [-0.1, -0.05) is 30.3 Å². The van der Waals surface area contributed by atoms with E-state index in [9.17, 15) is 4.79 Å². The molecule has 6 heteroatoms. The highest BCUT2D eigenvalue weighted by Crippen LogP contribution is 2.21. The summed E-state index contributed by atoms with van der Waals surface area (Å²) in [6.45, 7) is 5.17. The van der Waals surface area contributed by atoms with Gasteiger partial charge < -0.3 is 15.0 Å². The predicted octanol–water partition coefficient (Wildman–Crippen LogP) is 4.72. The van der Waals surface area contributed by atoms with Gasteiger partial charge in [-0.3, -0.25) is 4.79 Å². The minimum Gasteiger partial charge on any atom is -0.490 e. The molecule has 162 valence electrons. The van der Waals surface area contributed by atoms with Gasteiger partial charge in [-0.15, -0.1) is 11.3 Å². The van der Waals surface area contributed by atoms with Gasteiger partial charge in [0.2, 0.25) is 0 Å². The van der Waals surface area contributed by atoms with Crippen molar-refractivity contribution >= 4 is 17.2 Å². The molecule has 1 saturated heterocycles. The third-order valence-corrected chi connectivity index (χ3v) is 6.64. The highest BCUT2D eigenvalue weighted by atomic mass is 32.1. The largest absolute Gasteiger partial charge is 0.490 e. The van der Waals surface area contributed by atoms with Crippen molar-refractivity contribution in [2.75, 3.05) is 19.6 Å². The van der Waals surface area contributed by atoms with Crippen molar-refractivity contribution in [1.29, 1.82) is 0 Å². The Bertz CT molecular complexity index is 937. The average Bonchev–Trinajstić information content (AvgIpc) is 3.35. The van der Waals surface area contributed by atoms with Crippen LogP contribution in [-0.2, 0) is 6.42 Å². The maximum Gasteiger partial charge on any atom is 0.251 e. The minimum atomic E-state index is -0.101. The van der Waals surface area contributed by atoms with Crippen LogP contribution >= 0.6 is 11.3 Å². The number of aromatic nitrogens is 1. The molecule has 3 aromatic rings. The third kappa shape index (κ3) is 6.15. The van der Waals surface area contributed by atoms with E-state index in [1.54, 1.807) is 17.5 Å². The summed E-state index contributed by atoms with van der Waals surface area (Å²) < 4.78 is 6.17. The van der Waals surface area contributed by atoms with E-state index in [1.807, 2.05) is 36.6 Å². The van der Waals surface area contributed by atoms with Gasteiger partial charge in [0.25, 0.3) is 5.91 Å². The van der Waals surface area contributed by atoms with Crippen LogP contribution in [0.2, 0.25) is 0 Å². The fourth-order valence-corrected chi connectivity index (χ4v) is 4.50. The normalized spacial score (nSPS) is 16.0. The first-order chi connectivity index (χ1) is 15.2. The molecule has 2 heterocycles. The second kappa shape index (κ2) is 10.6. The Hall–Kier alpha value is -2.70. The summed E-state index contributed by atoms with van der Waals surface area (Å²) in [6, 6.07) is 18.0. The fourth-order valence-electron chi connectivity index (χ4n) is 3.85. The van der Waals surface area contributed by atoms with E-state index in [0.717, 1.165) is 49.7 Å². The lowest BCUT2D eigenvalue weighted by molar-refractivity contribution is 0.0939. The lowest BCUT2D eigenvalue weighted by Crippen LogP contribution is -2.39. The Labute approximate surface area is 188 Å². The van der Waals surface area contributed by atoms with Crippen LogP contribution in [0, 0.1) is 0 Å². The zero-order valence-electron chi connectivity index (χ0n) is 17.9. The van der Waals surface area contributed by atoms with Crippen LogP contribution in [0.4, 0.5) is 0 Å². The summed E-state index contributed by atoms with van der Waals surface area (Å²) in [6.07, 6.45) is 5.14. The van der Waals surface area contributed by atoms with Crippen molar-refractivity contribution in [3.8, 4) is 5.75 Å². The van der Waals surface area contributed by atoms with Crippen molar-refractivity contribution in [2.24, 2.45) is 0 Å². The number of nitrogens with zero attached hydrogens (tertiary/aromatic N) is 2. The number of piperidine rings is 1. The van der Waals surface area contributed by atoms with Crippen LogP contribution < -0.4 is 10.1 Å². The first kappa shape index (κ1) is 21.5. The van der Waals surface area contributed by atoms with Gasteiger partial charge in [0, 0.05) is 36.8 Å². The van der Waals surface area contributed by atoms with Crippen molar-refractivity contribution < 1.29 is 9.53 Å². The Morgan fingerprint density at radius 3 is 2.58 bits per heavy atom. The molecule has 1 amide bonds. The summed E-state index contributed by atoms with van der Waals surface area (Å²) >= 11 is 1.54. The van der Waals surface area contributed by atoms with Crippen molar-refractivity contribution in [1.82, 2.24) is 15.2 Å². The van der Waals surface area contributed by atoms with E-state index in [1.165, 1.54) is 5.56 Å². The number of carbonyl (C=O) groups excluding carboxylic acids is 1. The molecular formula is C25H29N3O2S. The maximum absolute atomic E-state index is 12.5. The van der Waals surface area contributed by atoms with E-state index in [-0.39, 0.29) is 18.1 Å². The topological polar surface area (TPSA) is 54.5 Å². The minimum absolute atomic E-state index is 0.0963. The second-order valence-corrected chi connectivity index (χ2v) is 8.91. The van der Waals surface area contributed by atoms with Crippen molar-refractivity contribution in [3.05, 3.63) is 82.3 Å². The fraction of sp³-hybridized carbons (Fsp3) is 0.360. The SMILES string of the molecule is C[C@@H](NC(=O)c1ccc(OC2CCN(CCc3ccccc3)CC2)cc1)c1nccs1. The molecule has 0 unspecified atom stereocenters. The van der Waals surface area contributed by atoms with Crippen LogP contribution in [0.3, 0.4) is 0 Å². The summed E-state index contributed by atoms with van der Waals surface area (Å²) in [5, 5.41) is 5.81. The summed E-state index contributed by atoms with van der Waals surface area (Å²) in [5.41, 5.74) is 2.03. The Morgan fingerprint density at radius 1 is 1.16 bits per heavy atom. The molecule has 0 bridgehead atoms. The van der Waals surface area contributed by atoms with E-state index < -0.39 is 0 Å². The molecule has 1 aliphatic rings. The summed E-state index contributed by atoms with van der Waals surface area (Å²) in [4.78, 5) is 19.2. The third-order valence-electron chi connectivity index (χ3n) is 5.68. The molecule has 31 heavy (non-hydrogen) atoms. The predicted molar refractivity (Wildman–Crippen MR) is 125 cm³/mol. The average molecular weight is 436 g/mol. The maximum atomic E-state index is 12.5. The lowest BCUT2D eigenvalue weighted by Gasteiger charge is -2.32. The molecule has 0 saturated carbocycles. The molecule has 1 fully saturated rings. The van der Waals surface area contributed by atoms with E-state index in [4.69, 9.17) is 4.74 Å². The molecule has 0 spiro atoms. The zero-order chi connectivity index (χ0) is 21.5. The van der Waals surface area contributed by atoms with Crippen LogP contribution in [0.15, 0.2) is 66.2 Å². The van der Waals surface area contributed by atoms with Crippen molar-refractivity contribution in [3.63, 3.8) is 0 Å². The Morgan fingerprint density at radius 2 is 1.90 bits per heavy atom. The molecule has 0 aliphatic carbocycles. The molecule has 1 atom stereocenters. The van der Waals surface area contributed by atoms with E-state index in [0.29, 0.717) is 5.56 Å². The molecule has 1 aliphatic heterocycles. The van der Waals surface area contributed by atoms with Gasteiger partial charge in [0.05, 0.1) is 6.04 Å². The standard InChI is InChI=1S/C25H29N3O2S/c1-19(25-26-14-18-31-25)27-24(29)21-7-9-22(10-8-21)30-23-12-16-28(17-13-23)15-11-20-5-3-2-4-6-20/h2-10,14,18-19,23H,11-13,15-17H2,1H3,(H,27,29)/t19-/m1/s1. The van der Waals surface area contributed by atoms with Gasteiger partial charge in [-0.25, -0.2) is 4.98 Å². The quantitative estimate of drug-likeness (QED) is 0.556. The molecule has 1 N–H and O–H groups in total. The number of likely N-dealkylation sites (tertiary alicyclic amines) is 1. The molecule has 2 aromatic carbocycles. The second-order valence-electron chi connectivity index (χ2n) is 7.98. The summed E-state index contributed by atoms with van der Waals surface area (Å²) in [5.74, 6) is 0.730. The molecule has 4 rings (SSSR count). The zero-order valence-corrected chi connectivity index (χ0v) is 18.7. The number of carbonyl (C=O) groups is 1. The smallest absolute Gasteiger partial charge is 0.251 e.